The quantitative estimate of drug-likeness (QED) is 0.768. The summed E-state index contributed by atoms with van der Waals surface area (Å²) >= 11 is 9.00. The molecule has 0 radical (unpaired) electrons. The number of benzene rings is 2. The Balaban J connectivity index is 2.44. The minimum Gasteiger partial charge on any atom is -0.495 e. The Bertz CT molecular complexity index is 643. The molecular weight excluding hydrogens is 335 g/mol. The molecule has 0 atom stereocenters. The molecule has 2 nitrogen and oxygen atoms in total. The second-order valence-corrected chi connectivity index (χ2v) is 5.04. The zero-order chi connectivity index (χ0) is 14.0. The SMILES string of the molecule is COc1ccc(C(=O)c2cccc(Br)c2F)cc1Cl. The molecule has 0 aliphatic rings. The van der Waals surface area contributed by atoms with Gasteiger partial charge >= 0.3 is 0 Å². The van der Waals surface area contributed by atoms with Crippen molar-refractivity contribution in [3.63, 3.8) is 0 Å². The molecule has 0 saturated heterocycles. The molecule has 0 fully saturated rings. The third-order valence-electron chi connectivity index (χ3n) is 2.61. The van der Waals surface area contributed by atoms with Crippen molar-refractivity contribution >= 4 is 33.3 Å². The van der Waals surface area contributed by atoms with Gasteiger partial charge in [0.05, 0.1) is 22.2 Å². The zero-order valence-electron chi connectivity index (χ0n) is 9.91. The molecule has 19 heavy (non-hydrogen) atoms. The van der Waals surface area contributed by atoms with E-state index in [1.165, 1.54) is 25.3 Å². The van der Waals surface area contributed by atoms with Crippen molar-refractivity contribution in [3.8, 4) is 5.75 Å². The van der Waals surface area contributed by atoms with Crippen LogP contribution in [0.4, 0.5) is 4.39 Å². The molecule has 0 aromatic heterocycles. The normalized spacial score (nSPS) is 10.3. The maximum absolute atomic E-state index is 13.9. The molecule has 5 heteroatoms. The summed E-state index contributed by atoms with van der Waals surface area (Å²) in [7, 11) is 1.48. The minimum absolute atomic E-state index is 0.00407. The van der Waals surface area contributed by atoms with Gasteiger partial charge in [0, 0.05) is 5.56 Å². The summed E-state index contributed by atoms with van der Waals surface area (Å²) in [6, 6.07) is 9.15. The fourth-order valence-electron chi connectivity index (χ4n) is 1.64. The number of methoxy groups -OCH3 is 1. The van der Waals surface area contributed by atoms with Gasteiger partial charge in [-0.05, 0) is 46.3 Å². The number of ether oxygens (including phenoxy) is 1. The number of halogens is 3. The van der Waals surface area contributed by atoms with E-state index in [0.29, 0.717) is 16.3 Å². The van der Waals surface area contributed by atoms with Crippen LogP contribution in [0, 0.1) is 5.82 Å². The maximum atomic E-state index is 13.9. The molecule has 2 aromatic rings. The van der Waals surface area contributed by atoms with E-state index in [-0.39, 0.29) is 10.0 Å². The van der Waals surface area contributed by atoms with Gasteiger partial charge in [0.1, 0.15) is 11.6 Å². The third-order valence-corrected chi connectivity index (χ3v) is 3.52. The average Bonchev–Trinajstić information content (AvgIpc) is 2.41. The molecule has 0 spiro atoms. The van der Waals surface area contributed by atoms with Crippen LogP contribution in [0.15, 0.2) is 40.9 Å². The van der Waals surface area contributed by atoms with Crippen LogP contribution in [0.5, 0.6) is 5.75 Å². The highest BCUT2D eigenvalue weighted by atomic mass is 79.9. The minimum atomic E-state index is -0.584. The number of ketones is 1. The summed E-state index contributed by atoms with van der Waals surface area (Å²) in [4.78, 5) is 12.2. The lowest BCUT2D eigenvalue weighted by Gasteiger charge is -2.07. The molecule has 2 rings (SSSR count). The first kappa shape index (κ1) is 14.0. The van der Waals surface area contributed by atoms with Crippen molar-refractivity contribution in [3.05, 3.63) is 62.8 Å². The first-order valence-electron chi connectivity index (χ1n) is 5.37. The Morgan fingerprint density at radius 1 is 1.32 bits per heavy atom. The topological polar surface area (TPSA) is 26.3 Å². The Kier molecular flexibility index (Phi) is 4.22. The maximum Gasteiger partial charge on any atom is 0.196 e. The molecule has 2 aromatic carbocycles. The summed E-state index contributed by atoms with van der Waals surface area (Å²) in [5.74, 6) is -0.546. The number of hydrogen-bond donors (Lipinski definition) is 0. The third kappa shape index (κ3) is 2.80. The van der Waals surface area contributed by atoms with E-state index in [1.807, 2.05) is 0 Å². The lowest BCUT2D eigenvalue weighted by molar-refractivity contribution is 0.103. The van der Waals surface area contributed by atoms with E-state index in [1.54, 1.807) is 18.2 Å². The van der Waals surface area contributed by atoms with Crippen LogP contribution in [0.3, 0.4) is 0 Å². The van der Waals surface area contributed by atoms with E-state index < -0.39 is 11.6 Å². The van der Waals surface area contributed by atoms with Crippen molar-refractivity contribution in [1.29, 1.82) is 0 Å². The lowest BCUT2D eigenvalue weighted by atomic mass is 10.0. The van der Waals surface area contributed by atoms with Gasteiger partial charge in [-0.2, -0.15) is 0 Å². The van der Waals surface area contributed by atoms with Gasteiger partial charge in [-0.1, -0.05) is 17.7 Å². The van der Waals surface area contributed by atoms with Gasteiger partial charge < -0.3 is 4.74 Å². The predicted octanol–water partition coefficient (Wildman–Crippen LogP) is 4.48. The summed E-state index contributed by atoms with van der Waals surface area (Å²) in [6.45, 7) is 0. The highest BCUT2D eigenvalue weighted by Crippen LogP contribution is 2.27. The van der Waals surface area contributed by atoms with Crippen molar-refractivity contribution in [1.82, 2.24) is 0 Å². The fraction of sp³-hybridized carbons (Fsp3) is 0.0714. The fourth-order valence-corrected chi connectivity index (χ4v) is 2.27. The molecular formula is C14H9BrClFO2. The summed E-state index contributed by atoms with van der Waals surface area (Å²) in [5, 5.41) is 0.309. The molecule has 0 saturated carbocycles. The number of rotatable bonds is 3. The van der Waals surface area contributed by atoms with Crippen LogP contribution in [0.2, 0.25) is 5.02 Å². The van der Waals surface area contributed by atoms with Gasteiger partial charge in [-0.25, -0.2) is 4.39 Å². The predicted molar refractivity (Wildman–Crippen MR) is 75.5 cm³/mol. The lowest BCUT2D eigenvalue weighted by Crippen LogP contribution is -2.05. The van der Waals surface area contributed by atoms with E-state index >= 15 is 0 Å². The summed E-state index contributed by atoms with van der Waals surface area (Å²) < 4.78 is 19.1. The van der Waals surface area contributed by atoms with Crippen LogP contribution in [0.1, 0.15) is 15.9 Å². The van der Waals surface area contributed by atoms with Crippen molar-refractivity contribution in [2.75, 3.05) is 7.11 Å². The Morgan fingerprint density at radius 2 is 2.05 bits per heavy atom. The Hall–Kier alpha value is -1.39. The van der Waals surface area contributed by atoms with Gasteiger partial charge in [0.2, 0.25) is 0 Å². The highest BCUT2D eigenvalue weighted by Gasteiger charge is 2.16. The van der Waals surface area contributed by atoms with E-state index in [2.05, 4.69) is 15.9 Å². The second kappa shape index (κ2) is 5.72. The van der Waals surface area contributed by atoms with Crippen LogP contribution in [-0.2, 0) is 0 Å². The standard InChI is InChI=1S/C14H9BrClFO2/c1-19-12-6-5-8(7-11(12)16)14(18)9-3-2-4-10(15)13(9)17/h2-7H,1H3. The van der Waals surface area contributed by atoms with Gasteiger partial charge in [0.15, 0.2) is 5.78 Å². The first-order valence-corrected chi connectivity index (χ1v) is 6.54. The van der Waals surface area contributed by atoms with Crippen LogP contribution >= 0.6 is 27.5 Å². The number of carbonyl (C=O) groups is 1. The largest absolute Gasteiger partial charge is 0.495 e. The second-order valence-electron chi connectivity index (χ2n) is 3.78. The monoisotopic (exact) mass is 342 g/mol. The van der Waals surface area contributed by atoms with E-state index in [4.69, 9.17) is 16.3 Å². The molecule has 0 amide bonds. The van der Waals surface area contributed by atoms with Crippen molar-refractivity contribution < 1.29 is 13.9 Å². The molecule has 98 valence electrons. The molecule has 0 aliphatic heterocycles. The summed E-state index contributed by atoms with van der Waals surface area (Å²) in [5.41, 5.74) is 0.304. The van der Waals surface area contributed by atoms with Crippen molar-refractivity contribution in [2.45, 2.75) is 0 Å². The number of carbonyl (C=O) groups excluding carboxylic acids is 1. The Morgan fingerprint density at radius 3 is 2.68 bits per heavy atom. The van der Waals surface area contributed by atoms with Gasteiger partial charge in [-0.15, -0.1) is 0 Å². The Labute approximate surface area is 123 Å². The highest BCUT2D eigenvalue weighted by molar-refractivity contribution is 9.10. The van der Waals surface area contributed by atoms with Gasteiger partial charge in [-0.3, -0.25) is 4.79 Å². The molecule has 0 N–H and O–H groups in total. The van der Waals surface area contributed by atoms with Crippen LogP contribution in [-0.4, -0.2) is 12.9 Å². The van der Waals surface area contributed by atoms with E-state index in [9.17, 15) is 9.18 Å². The van der Waals surface area contributed by atoms with Crippen LogP contribution < -0.4 is 4.74 Å². The number of hydrogen-bond acceptors (Lipinski definition) is 2. The van der Waals surface area contributed by atoms with Crippen LogP contribution in [0.25, 0.3) is 0 Å². The van der Waals surface area contributed by atoms with Crippen molar-refractivity contribution in [2.24, 2.45) is 0 Å². The zero-order valence-corrected chi connectivity index (χ0v) is 12.3. The van der Waals surface area contributed by atoms with Gasteiger partial charge in [0.25, 0.3) is 0 Å². The summed E-state index contributed by atoms with van der Waals surface area (Å²) in [6.07, 6.45) is 0. The molecule has 0 aliphatic carbocycles. The smallest absolute Gasteiger partial charge is 0.196 e. The average molecular weight is 344 g/mol. The molecule has 0 bridgehead atoms. The first-order chi connectivity index (χ1) is 9.04. The molecule has 0 unspecified atom stereocenters. The molecule has 0 heterocycles. The van der Waals surface area contributed by atoms with E-state index in [0.717, 1.165) is 0 Å².